The van der Waals surface area contributed by atoms with E-state index in [1.165, 1.54) is 33.8 Å². The summed E-state index contributed by atoms with van der Waals surface area (Å²) in [4.78, 5) is 7.03. The number of thiocarbonyl (C=S) groups is 1. The van der Waals surface area contributed by atoms with Crippen molar-refractivity contribution in [3.8, 4) is 5.69 Å². The van der Waals surface area contributed by atoms with Crippen molar-refractivity contribution in [3.63, 3.8) is 0 Å². The van der Waals surface area contributed by atoms with Gasteiger partial charge in [0.2, 0.25) is 0 Å². The summed E-state index contributed by atoms with van der Waals surface area (Å²) >= 11 is 5.87. The van der Waals surface area contributed by atoms with E-state index < -0.39 is 0 Å². The monoisotopic (exact) mass is 460 g/mol. The van der Waals surface area contributed by atoms with Gasteiger partial charge in [0.15, 0.2) is 5.11 Å². The van der Waals surface area contributed by atoms with Gasteiger partial charge in [-0.25, -0.2) is 0 Å². The third kappa shape index (κ3) is 4.06. The maximum atomic E-state index is 6.00. The van der Waals surface area contributed by atoms with E-state index in [4.69, 9.17) is 21.9 Å². The van der Waals surface area contributed by atoms with Gasteiger partial charge in [0.05, 0.1) is 23.9 Å². The number of nitrogens with zero attached hydrogens (tertiary/aromatic N) is 3. The van der Waals surface area contributed by atoms with Gasteiger partial charge in [-0.2, -0.15) is 0 Å². The molecule has 3 aromatic rings. The molecule has 1 aromatic carbocycles. The average molecular weight is 461 g/mol. The zero-order chi connectivity index (χ0) is 23.1. The molecule has 2 fully saturated rings. The van der Waals surface area contributed by atoms with E-state index in [0.29, 0.717) is 0 Å². The summed E-state index contributed by atoms with van der Waals surface area (Å²) in [6.45, 7) is 10.4. The van der Waals surface area contributed by atoms with Gasteiger partial charge in [-0.15, -0.1) is 0 Å². The van der Waals surface area contributed by atoms with Gasteiger partial charge >= 0.3 is 0 Å². The summed E-state index contributed by atoms with van der Waals surface area (Å²) in [5, 5.41) is 4.37. The molecule has 2 aliphatic rings. The second kappa shape index (κ2) is 8.92. The highest BCUT2D eigenvalue weighted by molar-refractivity contribution is 7.80. The molecule has 0 aliphatic carbocycles. The fraction of sp³-hybridized carbons (Fsp3) is 0.407. The predicted octanol–water partition coefficient (Wildman–Crippen LogP) is 5.26. The van der Waals surface area contributed by atoms with Crippen LogP contribution in [-0.2, 0) is 4.74 Å². The first-order chi connectivity index (χ1) is 15.9. The Morgan fingerprint density at radius 3 is 2.70 bits per heavy atom. The van der Waals surface area contributed by atoms with Gasteiger partial charge < -0.3 is 19.5 Å². The first kappa shape index (κ1) is 22.1. The first-order valence-electron chi connectivity index (χ1n) is 11.8. The van der Waals surface area contributed by atoms with Crippen LogP contribution in [0.1, 0.15) is 58.7 Å². The van der Waals surface area contributed by atoms with E-state index in [1.807, 2.05) is 18.3 Å². The van der Waals surface area contributed by atoms with Crippen LogP contribution >= 0.6 is 12.2 Å². The molecule has 0 bridgehead atoms. The molecule has 0 saturated carbocycles. The molecule has 172 valence electrons. The van der Waals surface area contributed by atoms with Gasteiger partial charge in [-0.1, -0.05) is 18.2 Å². The van der Waals surface area contributed by atoms with Crippen molar-refractivity contribution in [2.24, 2.45) is 0 Å². The fourth-order valence-electron chi connectivity index (χ4n) is 5.37. The molecule has 1 N–H and O–H groups in total. The maximum Gasteiger partial charge on any atom is 0.170 e. The lowest BCUT2D eigenvalue weighted by atomic mass is 9.96. The molecule has 0 radical (unpaired) electrons. The van der Waals surface area contributed by atoms with Crippen molar-refractivity contribution in [2.45, 2.75) is 58.7 Å². The molecule has 5 rings (SSSR count). The lowest BCUT2D eigenvalue weighted by molar-refractivity contribution is 0.0842. The first-order valence-corrected chi connectivity index (χ1v) is 12.2. The second-order valence-electron chi connectivity index (χ2n) is 9.37. The molecule has 33 heavy (non-hydrogen) atoms. The van der Waals surface area contributed by atoms with Crippen molar-refractivity contribution in [1.29, 1.82) is 0 Å². The van der Waals surface area contributed by atoms with Crippen LogP contribution < -0.4 is 5.32 Å². The predicted molar refractivity (Wildman–Crippen MR) is 136 cm³/mol. The topological polar surface area (TPSA) is 42.3 Å². The van der Waals surface area contributed by atoms with Crippen molar-refractivity contribution >= 4 is 17.3 Å². The highest BCUT2D eigenvalue weighted by atomic mass is 32.1. The molecule has 6 heteroatoms. The highest BCUT2D eigenvalue weighted by Gasteiger charge is 2.42. The lowest BCUT2D eigenvalue weighted by Gasteiger charge is -2.30. The number of rotatable bonds is 5. The number of hydrogen-bond acceptors (Lipinski definition) is 3. The molecular formula is C27H32N4OS. The van der Waals surface area contributed by atoms with Crippen molar-refractivity contribution < 1.29 is 4.74 Å². The molecular weight excluding hydrogens is 428 g/mol. The quantitative estimate of drug-likeness (QED) is 0.526. The molecule has 0 unspecified atom stereocenters. The highest BCUT2D eigenvalue weighted by Crippen LogP contribution is 2.42. The van der Waals surface area contributed by atoms with Crippen LogP contribution in [0.3, 0.4) is 0 Å². The second-order valence-corrected chi connectivity index (χ2v) is 9.75. The number of nitrogens with one attached hydrogen (secondary N) is 1. The van der Waals surface area contributed by atoms with Crippen molar-refractivity contribution in [1.82, 2.24) is 19.8 Å². The number of hydrogen-bond donors (Lipinski definition) is 1. The number of aromatic nitrogens is 2. The van der Waals surface area contributed by atoms with Crippen LogP contribution in [0.2, 0.25) is 0 Å². The summed E-state index contributed by atoms with van der Waals surface area (Å²) < 4.78 is 8.38. The third-order valence-electron chi connectivity index (χ3n) is 7.02. The Kier molecular flexibility index (Phi) is 5.97. The van der Waals surface area contributed by atoms with Crippen molar-refractivity contribution in [3.05, 3.63) is 82.4 Å². The molecule has 5 nitrogen and oxygen atoms in total. The minimum absolute atomic E-state index is 0.00680. The minimum Gasteiger partial charge on any atom is -0.376 e. The Labute approximate surface area is 201 Å². The molecule has 0 amide bonds. The normalized spacial score (nSPS) is 22.7. The lowest BCUT2D eigenvalue weighted by Crippen LogP contribution is -2.36. The van der Waals surface area contributed by atoms with Crippen LogP contribution in [0.15, 0.2) is 48.7 Å². The Morgan fingerprint density at radius 2 is 1.97 bits per heavy atom. The van der Waals surface area contributed by atoms with Gasteiger partial charge in [-0.05, 0) is 93.7 Å². The largest absolute Gasteiger partial charge is 0.376 e. The van der Waals surface area contributed by atoms with E-state index >= 15 is 0 Å². The van der Waals surface area contributed by atoms with Crippen LogP contribution in [0.4, 0.5) is 0 Å². The van der Waals surface area contributed by atoms with E-state index in [-0.39, 0.29) is 18.2 Å². The van der Waals surface area contributed by atoms with Gasteiger partial charge in [0, 0.05) is 36.4 Å². The Hall–Kier alpha value is -2.70. The zero-order valence-corrected chi connectivity index (χ0v) is 20.7. The van der Waals surface area contributed by atoms with Gasteiger partial charge in [-0.3, -0.25) is 4.98 Å². The minimum atomic E-state index is -0.00680. The number of ether oxygens (including phenoxy) is 1. The van der Waals surface area contributed by atoms with E-state index in [0.717, 1.165) is 36.8 Å². The molecule has 2 aromatic heterocycles. The zero-order valence-electron chi connectivity index (χ0n) is 19.8. The smallest absolute Gasteiger partial charge is 0.170 e. The fourth-order valence-corrected chi connectivity index (χ4v) is 5.68. The summed E-state index contributed by atoms with van der Waals surface area (Å²) in [6, 6.07) is 15.1. The summed E-state index contributed by atoms with van der Waals surface area (Å²) in [5.41, 5.74) is 8.54. The van der Waals surface area contributed by atoms with E-state index in [9.17, 15) is 0 Å². The molecule has 3 atom stereocenters. The van der Waals surface area contributed by atoms with Crippen LogP contribution in [0, 0.1) is 27.7 Å². The standard InChI is InChI=1S/C27H32N4OS/c1-17-10-11-18(2)24(14-17)31-19(3)15-22(20(31)4)26-25(23-9-5-6-12-28-23)29-27(33)30(26)16-21-8-7-13-32-21/h5-6,9-12,14-15,21,25-26H,7-8,13,16H2,1-4H3,(H,29,33)/t21-,25-,26-/m1/s1. The maximum absolute atomic E-state index is 6.00. The Bertz CT molecular complexity index is 1170. The SMILES string of the molecule is Cc1ccc(C)c(-n2c(C)cc([C@@H]3[C@@H](c4ccccn4)NC(=S)N3C[C@H]3CCCO3)c2C)c1. The summed E-state index contributed by atoms with van der Waals surface area (Å²) in [5.74, 6) is 0. The number of aryl methyl sites for hydroxylation is 3. The third-order valence-corrected chi connectivity index (χ3v) is 7.37. The summed E-state index contributed by atoms with van der Waals surface area (Å²) in [7, 11) is 0. The Morgan fingerprint density at radius 1 is 1.12 bits per heavy atom. The van der Waals surface area contributed by atoms with E-state index in [2.05, 4.69) is 72.8 Å². The molecule has 4 heterocycles. The van der Waals surface area contributed by atoms with Gasteiger partial charge in [0.1, 0.15) is 0 Å². The molecule has 2 aliphatic heterocycles. The van der Waals surface area contributed by atoms with Crippen LogP contribution in [0.5, 0.6) is 0 Å². The molecule has 2 saturated heterocycles. The van der Waals surface area contributed by atoms with Gasteiger partial charge in [0.25, 0.3) is 0 Å². The summed E-state index contributed by atoms with van der Waals surface area (Å²) in [6.07, 6.45) is 4.28. The van der Waals surface area contributed by atoms with E-state index in [1.54, 1.807) is 0 Å². The number of pyridine rings is 1. The van der Waals surface area contributed by atoms with Crippen LogP contribution in [0.25, 0.3) is 5.69 Å². The van der Waals surface area contributed by atoms with Crippen LogP contribution in [-0.4, -0.2) is 38.8 Å². The van der Waals surface area contributed by atoms with Crippen molar-refractivity contribution in [2.75, 3.05) is 13.2 Å². The average Bonchev–Trinajstić information content (AvgIpc) is 3.50. The number of benzene rings is 1. The Balaban J connectivity index is 1.61. The molecule has 0 spiro atoms.